The third-order valence-corrected chi connectivity index (χ3v) is 2.52. The number of carbonyl (C=O) groups is 2. The van der Waals surface area contributed by atoms with Crippen LogP contribution in [0.5, 0.6) is 11.5 Å². The van der Waals surface area contributed by atoms with E-state index in [0.717, 1.165) is 0 Å². The number of hydrogen-bond donors (Lipinski definition) is 0. The Hall–Kier alpha value is -2.04. The molecule has 0 radical (unpaired) electrons. The monoisotopic (exact) mass is 265 g/mol. The molecule has 5 nitrogen and oxygen atoms in total. The van der Waals surface area contributed by atoms with Crippen molar-refractivity contribution in [1.29, 1.82) is 0 Å². The van der Waals surface area contributed by atoms with Crippen LogP contribution in [0.25, 0.3) is 0 Å². The van der Waals surface area contributed by atoms with Gasteiger partial charge in [-0.3, -0.25) is 9.59 Å². The zero-order valence-electron chi connectivity index (χ0n) is 11.7. The zero-order valence-corrected chi connectivity index (χ0v) is 11.7. The highest BCUT2D eigenvalue weighted by Crippen LogP contribution is 2.31. The molecule has 0 saturated carbocycles. The topological polar surface area (TPSA) is 55.8 Å². The Morgan fingerprint density at radius 2 is 2.11 bits per heavy atom. The van der Waals surface area contributed by atoms with Crippen molar-refractivity contribution in [3.63, 3.8) is 0 Å². The van der Waals surface area contributed by atoms with Gasteiger partial charge in [-0.25, -0.2) is 0 Å². The number of benzene rings is 1. The molecule has 5 heteroatoms. The molecule has 1 aromatic rings. The molecule has 104 valence electrons. The van der Waals surface area contributed by atoms with Crippen LogP contribution in [0.1, 0.15) is 24.2 Å². The number of amides is 1. The van der Waals surface area contributed by atoms with Gasteiger partial charge < -0.3 is 14.4 Å². The zero-order chi connectivity index (χ0) is 14.4. The van der Waals surface area contributed by atoms with Crippen LogP contribution < -0.4 is 9.47 Å². The number of ether oxygens (including phenoxy) is 2. The van der Waals surface area contributed by atoms with Crippen LogP contribution in [0.3, 0.4) is 0 Å². The molecule has 0 aromatic heterocycles. The van der Waals surface area contributed by atoms with Crippen molar-refractivity contribution in [3.05, 3.63) is 23.8 Å². The highest BCUT2D eigenvalue weighted by Gasteiger charge is 2.20. The number of aldehydes is 1. The summed E-state index contributed by atoms with van der Waals surface area (Å²) in [5.74, 6) is 0.593. The minimum absolute atomic E-state index is 0.178. The van der Waals surface area contributed by atoms with Crippen molar-refractivity contribution in [2.45, 2.75) is 20.0 Å². The molecule has 0 aliphatic rings. The summed E-state index contributed by atoms with van der Waals surface area (Å²) in [4.78, 5) is 24.3. The Kier molecular flexibility index (Phi) is 5.36. The van der Waals surface area contributed by atoms with E-state index in [4.69, 9.17) is 9.47 Å². The summed E-state index contributed by atoms with van der Waals surface area (Å²) in [6.07, 6.45) is 0.000326. The van der Waals surface area contributed by atoms with E-state index in [1.54, 1.807) is 39.2 Å². The molecule has 0 fully saturated rings. The second kappa shape index (κ2) is 6.78. The van der Waals surface area contributed by atoms with Crippen molar-refractivity contribution >= 4 is 12.2 Å². The van der Waals surface area contributed by atoms with Gasteiger partial charge >= 0.3 is 0 Å². The molecular formula is C14H19NO4. The normalized spacial score (nSPS) is 11.6. The van der Waals surface area contributed by atoms with Crippen LogP contribution in [-0.2, 0) is 4.79 Å². The molecule has 0 saturated heterocycles. The summed E-state index contributed by atoms with van der Waals surface area (Å²) in [7, 11) is 3.30. The Morgan fingerprint density at radius 3 is 2.63 bits per heavy atom. The summed E-state index contributed by atoms with van der Waals surface area (Å²) in [5.41, 5.74) is 0.365. The Bertz CT molecular complexity index is 457. The number of nitrogens with zero attached hydrogens (tertiary/aromatic N) is 1. The van der Waals surface area contributed by atoms with Gasteiger partial charge in [0.2, 0.25) is 0 Å². The molecule has 0 aliphatic carbocycles. The van der Waals surface area contributed by atoms with Gasteiger partial charge in [0.15, 0.2) is 23.9 Å². The predicted molar refractivity (Wildman–Crippen MR) is 71.8 cm³/mol. The van der Waals surface area contributed by atoms with Gasteiger partial charge in [-0.2, -0.15) is 0 Å². The van der Waals surface area contributed by atoms with Crippen LogP contribution in [0.15, 0.2) is 18.2 Å². The largest absolute Gasteiger partial charge is 0.490 e. The van der Waals surface area contributed by atoms with Gasteiger partial charge in [0.05, 0.1) is 12.2 Å². The minimum Gasteiger partial charge on any atom is -0.490 e. The number of likely N-dealkylation sites (N-methyl/N-ethyl adjacent to an activating group) is 1. The summed E-state index contributed by atoms with van der Waals surface area (Å²) in [6.45, 7) is 3.93. The van der Waals surface area contributed by atoms with E-state index in [0.29, 0.717) is 30.0 Å². The first-order valence-electron chi connectivity index (χ1n) is 6.10. The van der Waals surface area contributed by atoms with Crippen molar-refractivity contribution in [2.24, 2.45) is 0 Å². The predicted octanol–water partition coefficient (Wildman–Crippen LogP) is 1.75. The molecule has 1 aromatic carbocycles. The standard InChI is InChI=1S/C14H19NO4/c1-5-18-12-8-6-7-11(9-16)13(12)19-10(2)14(17)15(3)4/h6-10H,5H2,1-4H3. The lowest BCUT2D eigenvalue weighted by atomic mass is 10.2. The van der Waals surface area contributed by atoms with Crippen LogP contribution >= 0.6 is 0 Å². The number of hydrogen-bond acceptors (Lipinski definition) is 4. The molecule has 1 unspecified atom stereocenters. The van der Waals surface area contributed by atoms with E-state index in [1.165, 1.54) is 4.90 Å². The molecule has 0 aliphatic heterocycles. The lowest BCUT2D eigenvalue weighted by Gasteiger charge is -2.20. The average Bonchev–Trinajstić information content (AvgIpc) is 2.39. The summed E-state index contributed by atoms with van der Waals surface area (Å²) >= 11 is 0. The summed E-state index contributed by atoms with van der Waals surface area (Å²) in [6, 6.07) is 5.04. The number of carbonyl (C=O) groups excluding carboxylic acids is 2. The molecule has 1 rings (SSSR count). The fourth-order valence-corrected chi connectivity index (χ4v) is 1.61. The van der Waals surface area contributed by atoms with Gasteiger partial charge in [-0.1, -0.05) is 6.07 Å². The quantitative estimate of drug-likeness (QED) is 0.735. The third kappa shape index (κ3) is 3.71. The average molecular weight is 265 g/mol. The van der Waals surface area contributed by atoms with E-state index >= 15 is 0 Å². The molecule has 19 heavy (non-hydrogen) atoms. The van der Waals surface area contributed by atoms with Crippen molar-refractivity contribution < 1.29 is 19.1 Å². The minimum atomic E-state index is -0.685. The van der Waals surface area contributed by atoms with E-state index in [-0.39, 0.29) is 5.91 Å². The molecule has 0 N–H and O–H groups in total. The fraction of sp³-hybridized carbons (Fsp3) is 0.429. The van der Waals surface area contributed by atoms with Gasteiger partial charge in [0.1, 0.15) is 0 Å². The summed E-state index contributed by atoms with van der Waals surface area (Å²) in [5, 5.41) is 0. The SMILES string of the molecule is CCOc1cccc(C=O)c1OC(C)C(=O)N(C)C. The first-order chi connectivity index (χ1) is 9.01. The Balaban J connectivity index is 3.03. The smallest absolute Gasteiger partial charge is 0.262 e. The molecule has 1 atom stereocenters. The van der Waals surface area contributed by atoms with Crippen molar-refractivity contribution in [2.75, 3.05) is 20.7 Å². The van der Waals surface area contributed by atoms with E-state index < -0.39 is 6.10 Å². The lowest BCUT2D eigenvalue weighted by Crippen LogP contribution is -2.35. The highest BCUT2D eigenvalue weighted by molar-refractivity contribution is 5.83. The Morgan fingerprint density at radius 1 is 1.42 bits per heavy atom. The van der Waals surface area contributed by atoms with E-state index in [1.807, 2.05) is 6.92 Å². The molecule has 0 heterocycles. The maximum absolute atomic E-state index is 11.8. The Labute approximate surface area is 113 Å². The second-order valence-electron chi connectivity index (χ2n) is 4.22. The maximum Gasteiger partial charge on any atom is 0.262 e. The first kappa shape index (κ1) is 15.0. The van der Waals surface area contributed by atoms with Crippen LogP contribution in [0.2, 0.25) is 0 Å². The van der Waals surface area contributed by atoms with Gasteiger partial charge in [0, 0.05) is 14.1 Å². The molecule has 0 bridgehead atoms. The van der Waals surface area contributed by atoms with Gasteiger partial charge in [-0.15, -0.1) is 0 Å². The summed E-state index contributed by atoms with van der Waals surface area (Å²) < 4.78 is 11.0. The van der Waals surface area contributed by atoms with Crippen molar-refractivity contribution in [3.8, 4) is 11.5 Å². The van der Waals surface area contributed by atoms with Gasteiger partial charge in [-0.05, 0) is 26.0 Å². The van der Waals surface area contributed by atoms with E-state index in [2.05, 4.69) is 0 Å². The molecule has 0 spiro atoms. The molecular weight excluding hydrogens is 246 g/mol. The van der Waals surface area contributed by atoms with Crippen LogP contribution in [0.4, 0.5) is 0 Å². The lowest BCUT2D eigenvalue weighted by molar-refractivity contribution is -0.135. The highest BCUT2D eigenvalue weighted by atomic mass is 16.5. The van der Waals surface area contributed by atoms with Gasteiger partial charge in [0.25, 0.3) is 5.91 Å². The van der Waals surface area contributed by atoms with Crippen LogP contribution in [0, 0.1) is 0 Å². The maximum atomic E-state index is 11.8. The van der Waals surface area contributed by atoms with Crippen LogP contribution in [-0.4, -0.2) is 43.9 Å². The third-order valence-electron chi connectivity index (χ3n) is 2.52. The number of rotatable bonds is 6. The molecule has 1 amide bonds. The fourth-order valence-electron chi connectivity index (χ4n) is 1.61. The first-order valence-corrected chi connectivity index (χ1v) is 6.10. The second-order valence-corrected chi connectivity index (χ2v) is 4.22. The number of para-hydroxylation sites is 1. The van der Waals surface area contributed by atoms with Crippen molar-refractivity contribution in [1.82, 2.24) is 4.90 Å². The van der Waals surface area contributed by atoms with E-state index in [9.17, 15) is 9.59 Å².